The van der Waals surface area contributed by atoms with Crippen molar-refractivity contribution in [3.8, 4) is 11.5 Å². The van der Waals surface area contributed by atoms with E-state index in [9.17, 15) is 9.59 Å². The van der Waals surface area contributed by atoms with Crippen LogP contribution in [0.2, 0.25) is 0 Å². The molecule has 2 aromatic rings. The van der Waals surface area contributed by atoms with Crippen molar-refractivity contribution >= 4 is 23.6 Å². The summed E-state index contributed by atoms with van der Waals surface area (Å²) in [5.74, 6) is 1.45. The van der Waals surface area contributed by atoms with Crippen LogP contribution in [-0.2, 0) is 11.2 Å². The molecule has 0 bridgehead atoms. The SMILES string of the molecule is COc1cc2c(cc1OC)N(C(=O)CN1CCN(c3ccc(C=O)cc3)CC1)C(C)C2.O. The Morgan fingerprint density at radius 3 is 2.25 bits per heavy atom. The van der Waals surface area contributed by atoms with Gasteiger partial charge in [0.1, 0.15) is 6.29 Å². The van der Waals surface area contributed by atoms with E-state index < -0.39 is 0 Å². The molecule has 1 saturated heterocycles. The fourth-order valence-electron chi connectivity index (χ4n) is 4.52. The van der Waals surface area contributed by atoms with Crippen molar-refractivity contribution in [3.05, 3.63) is 47.5 Å². The largest absolute Gasteiger partial charge is 0.493 e. The summed E-state index contributed by atoms with van der Waals surface area (Å²) >= 11 is 0. The lowest BCUT2D eigenvalue weighted by molar-refractivity contribution is -0.120. The molecule has 172 valence electrons. The van der Waals surface area contributed by atoms with Gasteiger partial charge in [0.05, 0.1) is 26.5 Å². The summed E-state index contributed by atoms with van der Waals surface area (Å²) in [5, 5.41) is 0. The molecule has 2 aliphatic heterocycles. The third kappa shape index (κ3) is 4.56. The van der Waals surface area contributed by atoms with Gasteiger partial charge in [-0.15, -0.1) is 0 Å². The van der Waals surface area contributed by atoms with Crippen LogP contribution in [0.3, 0.4) is 0 Å². The van der Waals surface area contributed by atoms with Gasteiger partial charge in [0.2, 0.25) is 5.91 Å². The second kappa shape index (κ2) is 10.0. The van der Waals surface area contributed by atoms with Gasteiger partial charge in [-0.2, -0.15) is 0 Å². The quantitative estimate of drug-likeness (QED) is 0.635. The zero-order valence-corrected chi connectivity index (χ0v) is 18.8. The average Bonchev–Trinajstić information content (AvgIpc) is 3.13. The fourth-order valence-corrected chi connectivity index (χ4v) is 4.52. The Hall–Kier alpha value is -3.10. The molecule has 4 rings (SSSR count). The molecule has 0 aliphatic carbocycles. The summed E-state index contributed by atoms with van der Waals surface area (Å²) in [6.45, 7) is 5.83. The molecule has 2 aliphatic rings. The number of hydrogen-bond donors (Lipinski definition) is 0. The molecular weight excluding hydrogens is 410 g/mol. The van der Waals surface area contributed by atoms with Gasteiger partial charge in [-0.25, -0.2) is 0 Å². The first-order valence-electron chi connectivity index (χ1n) is 10.6. The molecule has 0 aromatic heterocycles. The third-order valence-electron chi connectivity index (χ3n) is 6.19. The topological polar surface area (TPSA) is 93.8 Å². The van der Waals surface area contributed by atoms with Crippen LogP contribution in [0.1, 0.15) is 22.8 Å². The van der Waals surface area contributed by atoms with E-state index in [0.717, 1.165) is 55.8 Å². The van der Waals surface area contributed by atoms with E-state index in [1.54, 1.807) is 14.2 Å². The number of aldehydes is 1. The lowest BCUT2D eigenvalue weighted by Gasteiger charge is -2.36. The van der Waals surface area contributed by atoms with E-state index in [0.29, 0.717) is 23.6 Å². The first kappa shape index (κ1) is 23.6. The molecule has 2 aromatic carbocycles. The molecule has 2 heterocycles. The van der Waals surface area contributed by atoms with E-state index >= 15 is 0 Å². The Kier molecular flexibility index (Phi) is 7.37. The standard InChI is InChI=1S/C24H29N3O4.H2O/c1-17-12-19-13-22(30-2)23(31-3)14-21(19)27(17)24(29)15-25-8-10-26(11-9-25)20-6-4-18(16-28)5-7-20;/h4-7,13-14,16-17H,8-12,15H2,1-3H3;1H2. The maximum atomic E-state index is 13.2. The molecule has 0 saturated carbocycles. The zero-order valence-electron chi connectivity index (χ0n) is 18.8. The van der Waals surface area contributed by atoms with Crippen LogP contribution in [0.15, 0.2) is 36.4 Å². The number of anilines is 2. The molecule has 1 amide bonds. The third-order valence-corrected chi connectivity index (χ3v) is 6.19. The number of amides is 1. The Morgan fingerprint density at radius 1 is 1.03 bits per heavy atom. The van der Waals surface area contributed by atoms with E-state index in [1.807, 2.05) is 41.3 Å². The summed E-state index contributed by atoms with van der Waals surface area (Å²) in [4.78, 5) is 30.5. The Balaban J connectivity index is 0.00000289. The van der Waals surface area contributed by atoms with E-state index in [1.165, 1.54) is 0 Å². The zero-order chi connectivity index (χ0) is 22.0. The summed E-state index contributed by atoms with van der Waals surface area (Å²) in [5.41, 5.74) is 3.83. The molecule has 0 radical (unpaired) electrons. The first-order valence-corrected chi connectivity index (χ1v) is 10.6. The number of carbonyl (C=O) groups is 2. The van der Waals surface area contributed by atoms with E-state index in [2.05, 4.69) is 16.7 Å². The van der Waals surface area contributed by atoms with Crippen molar-refractivity contribution in [2.45, 2.75) is 19.4 Å². The molecule has 1 fully saturated rings. The van der Waals surface area contributed by atoms with Gasteiger partial charge in [0.25, 0.3) is 0 Å². The summed E-state index contributed by atoms with van der Waals surface area (Å²) in [6.07, 6.45) is 1.67. The number of piperazine rings is 1. The van der Waals surface area contributed by atoms with E-state index in [4.69, 9.17) is 9.47 Å². The molecule has 2 N–H and O–H groups in total. The highest BCUT2D eigenvalue weighted by atomic mass is 16.5. The predicted molar refractivity (Wildman–Crippen MR) is 124 cm³/mol. The lowest BCUT2D eigenvalue weighted by Crippen LogP contribution is -2.51. The van der Waals surface area contributed by atoms with Gasteiger partial charge < -0.3 is 24.7 Å². The van der Waals surface area contributed by atoms with Crippen molar-refractivity contribution in [1.29, 1.82) is 0 Å². The molecule has 0 spiro atoms. The minimum Gasteiger partial charge on any atom is -0.493 e. The van der Waals surface area contributed by atoms with Crippen LogP contribution in [0, 0.1) is 0 Å². The van der Waals surface area contributed by atoms with Gasteiger partial charge in [-0.3, -0.25) is 14.5 Å². The van der Waals surface area contributed by atoms with Crippen LogP contribution in [0.4, 0.5) is 11.4 Å². The number of benzene rings is 2. The van der Waals surface area contributed by atoms with Crippen LogP contribution in [-0.4, -0.2) is 75.6 Å². The highest BCUT2D eigenvalue weighted by molar-refractivity contribution is 5.98. The molecule has 1 atom stereocenters. The van der Waals surface area contributed by atoms with Gasteiger partial charge in [0, 0.05) is 49.5 Å². The maximum Gasteiger partial charge on any atom is 0.241 e. The molecule has 1 unspecified atom stereocenters. The van der Waals surface area contributed by atoms with Crippen LogP contribution >= 0.6 is 0 Å². The van der Waals surface area contributed by atoms with Crippen LogP contribution in [0.5, 0.6) is 11.5 Å². The van der Waals surface area contributed by atoms with Gasteiger partial charge in [-0.1, -0.05) is 0 Å². The fraction of sp³-hybridized carbons (Fsp3) is 0.417. The van der Waals surface area contributed by atoms with Gasteiger partial charge in [-0.05, 0) is 49.2 Å². The Labute approximate surface area is 188 Å². The number of nitrogens with zero attached hydrogens (tertiary/aromatic N) is 3. The van der Waals surface area contributed by atoms with Gasteiger partial charge >= 0.3 is 0 Å². The Bertz CT molecular complexity index is 955. The van der Waals surface area contributed by atoms with Crippen molar-refractivity contribution < 1.29 is 24.5 Å². The van der Waals surface area contributed by atoms with Gasteiger partial charge in [0.15, 0.2) is 11.5 Å². The number of fused-ring (bicyclic) bond motifs is 1. The summed E-state index contributed by atoms with van der Waals surface area (Å²) in [7, 11) is 3.24. The Morgan fingerprint density at radius 2 is 1.66 bits per heavy atom. The number of ether oxygens (including phenoxy) is 2. The van der Waals surface area contributed by atoms with Crippen molar-refractivity contribution in [3.63, 3.8) is 0 Å². The monoisotopic (exact) mass is 441 g/mol. The lowest BCUT2D eigenvalue weighted by atomic mass is 10.1. The highest BCUT2D eigenvalue weighted by Gasteiger charge is 2.33. The normalized spacial score (nSPS) is 18.0. The number of carbonyl (C=O) groups excluding carboxylic acids is 2. The molecular formula is C24H31N3O5. The van der Waals surface area contributed by atoms with Crippen LogP contribution in [0.25, 0.3) is 0 Å². The smallest absolute Gasteiger partial charge is 0.241 e. The highest BCUT2D eigenvalue weighted by Crippen LogP contribution is 2.40. The minimum atomic E-state index is 0. The van der Waals surface area contributed by atoms with Crippen molar-refractivity contribution in [2.75, 3.05) is 56.7 Å². The van der Waals surface area contributed by atoms with E-state index in [-0.39, 0.29) is 17.4 Å². The predicted octanol–water partition coefficient (Wildman–Crippen LogP) is 1.79. The van der Waals surface area contributed by atoms with Crippen LogP contribution < -0.4 is 19.3 Å². The number of hydrogen-bond acceptors (Lipinski definition) is 6. The summed E-state index contributed by atoms with van der Waals surface area (Å²) < 4.78 is 10.9. The second-order valence-corrected chi connectivity index (χ2v) is 8.13. The number of rotatable bonds is 6. The first-order chi connectivity index (χ1) is 15.0. The van der Waals surface area contributed by atoms with Crippen molar-refractivity contribution in [2.24, 2.45) is 0 Å². The molecule has 8 nitrogen and oxygen atoms in total. The molecule has 8 heteroatoms. The average molecular weight is 442 g/mol. The minimum absolute atomic E-state index is 0. The number of methoxy groups -OCH3 is 2. The van der Waals surface area contributed by atoms with Crippen molar-refractivity contribution in [1.82, 2.24) is 4.90 Å². The maximum absolute atomic E-state index is 13.2. The second-order valence-electron chi connectivity index (χ2n) is 8.13. The molecule has 32 heavy (non-hydrogen) atoms. The summed E-state index contributed by atoms with van der Waals surface area (Å²) in [6, 6.07) is 11.6.